The van der Waals surface area contributed by atoms with E-state index in [9.17, 15) is 27.4 Å². The van der Waals surface area contributed by atoms with Crippen LogP contribution in [0.2, 0.25) is 0 Å². The number of amides is 2. The van der Waals surface area contributed by atoms with Crippen LogP contribution in [0, 0.1) is 0 Å². The fraction of sp³-hybridized carbons (Fsp3) is 0.235. The molecule has 4 heterocycles. The highest BCUT2D eigenvalue weighted by molar-refractivity contribution is 7.86. The summed E-state index contributed by atoms with van der Waals surface area (Å²) in [6.45, 7) is 0.0503. The quantitative estimate of drug-likeness (QED) is 0.0325. The van der Waals surface area contributed by atoms with Crippen molar-refractivity contribution in [1.29, 1.82) is 0 Å². The second-order valence-electron chi connectivity index (χ2n) is 16.3. The van der Waals surface area contributed by atoms with Crippen LogP contribution in [0.1, 0.15) is 59.4 Å². The largest absolute Gasteiger partial charge is 0.448 e. The van der Waals surface area contributed by atoms with E-state index in [0.29, 0.717) is 21.8 Å². The molecule has 9 rings (SSSR count). The topological polar surface area (TPSA) is 143 Å². The normalized spacial score (nSPS) is 19.2. The van der Waals surface area contributed by atoms with Gasteiger partial charge in [0, 0.05) is 11.4 Å². The number of likely N-dealkylation sites (tertiary alicyclic amines) is 1. The molecule has 3 aliphatic heterocycles. The zero-order valence-corrected chi connectivity index (χ0v) is 37.9. The Morgan fingerprint density at radius 1 is 0.806 bits per heavy atom. The Balaban J connectivity index is 1.02. The van der Waals surface area contributed by atoms with Crippen molar-refractivity contribution in [2.75, 3.05) is 24.2 Å². The molecule has 1 aromatic heterocycles. The van der Waals surface area contributed by atoms with E-state index in [1.165, 1.54) is 5.38 Å². The van der Waals surface area contributed by atoms with E-state index in [2.05, 4.69) is 30.5 Å². The average molecular weight is 941 g/mol. The summed E-state index contributed by atoms with van der Waals surface area (Å²) in [5, 5.41) is 10.3. The first-order valence-corrected chi connectivity index (χ1v) is 24.1. The van der Waals surface area contributed by atoms with E-state index in [0.717, 1.165) is 58.9 Å². The van der Waals surface area contributed by atoms with Crippen molar-refractivity contribution in [1.82, 2.24) is 20.1 Å². The summed E-state index contributed by atoms with van der Waals surface area (Å²) in [7, 11) is -1.82. The minimum atomic E-state index is -3.39. The van der Waals surface area contributed by atoms with Crippen molar-refractivity contribution in [2.45, 2.75) is 55.5 Å². The standard InChI is InChI=1S/C51H46F2N6O6S2/c1-33(58-29-17-18-30-58)39-32-67(63)47-42(46(61)59(47)43(39)48(62)64-44(34-19-7-2-8-20-34)35-21-9-3-10-22-35)55-45(60)41(57-65-49(52)53)40-31-66-50(54-40)56-51(36-23-11-4-12-24-36,37-25-13-5-14-26-37)38-27-15-6-16-28-38/h2-16,19-28,31,33,42,44,47,49H,17-18,29-30,32H2,1H3,(H,54,56)(H,55,60)/t33?,42?,47-,67?/m0/s1. The fourth-order valence-electron chi connectivity index (χ4n) is 9.10. The highest BCUT2D eigenvalue weighted by Crippen LogP contribution is 2.42. The number of anilines is 1. The molecule has 2 N–H and O–H groups in total. The molecule has 3 unspecified atom stereocenters. The maximum Gasteiger partial charge on any atom is 0.407 e. The summed E-state index contributed by atoms with van der Waals surface area (Å²) in [6, 6.07) is 45.8. The van der Waals surface area contributed by atoms with Gasteiger partial charge in [0.05, 0.1) is 16.6 Å². The number of benzene rings is 5. The number of ether oxygens (including phenoxy) is 1. The minimum absolute atomic E-state index is 0.0276. The summed E-state index contributed by atoms with van der Waals surface area (Å²) in [6.07, 6.45) is 1.06. The van der Waals surface area contributed by atoms with Gasteiger partial charge in [-0.2, -0.15) is 8.78 Å². The lowest BCUT2D eigenvalue weighted by Gasteiger charge is -2.50. The molecule has 0 bridgehead atoms. The number of β-lactam (4-membered cyclic amide) rings is 1. The van der Waals surface area contributed by atoms with Crippen LogP contribution in [-0.2, 0) is 40.3 Å². The Labute approximate surface area is 392 Å². The molecular weight excluding hydrogens is 895 g/mol. The van der Waals surface area contributed by atoms with Crippen molar-refractivity contribution < 1.29 is 36.9 Å². The van der Waals surface area contributed by atoms with Gasteiger partial charge in [0.1, 0.15) is 28.3 Å². The predicted octanol–water partition coefficient (Wildman–Crippen LogP) is 7.98. The van der Waals surface area contributed by atoms with Gasteiger partial charge in [-0.3, -0.25) is 23.6 Å². The second-order valence-corrected chi connectivity index (χ2v) is 18.7. The molecule has 2 fully saturated rings. The Kier molecular flexibility index (Phi) is 13.5. The van der Waals surface area contributed by atoms with Crippen LogP contribution in [0.25, 0.3) is 0 Å². The van der Waals surface area contributed by atoms with Gasteiger partial charge in [-0.15, -0.1) is 11.3 Å². The van der Waals surface area contributed by atoms with Crippen molar-refractivity contribution in [3.63, 3.8) is 0 Å². The first-order valence-electron chi connectivity index (χ1n) is 21.9. The number of alkyl halides is 2. The highest BCUT2D eigenvalue weighted by Gasteiger charge is 2.58. The molecule has 4 atom stereocenters. The maximum absolute atomic E-state index is 14.7. The number of fused-ring (bicyclic) bond motifs is 1. The van der Waals surface area contributed by atoms with Gasteiger partial charge < -0.3 is 20.2 Å². The van der Waals surface area contributed by atoms with E-state index in [-0.39, 0.29) is 23.2 Å². The number of thiazole rings is 1. The summed E-state index contributed by atoms with van der Waals surface area (Å²) in [5.74, 6) is -2.67. The molecule has 0 spiro atoms. The number of aromatic nitrogens is 1. The summed E-state index contributed by atoms with van der Waals surface area (Å²) >= 11 is 1.10. The first kappa shape index (κ1) is 45.3. The maximum atomic E-state index is 14.7. The Bertz CT molecular complexity index is 2660. The van der Waals surface area contributed by atoms with Crippen molar-refractivity contribution in [2.24, 2.45) is 5.16 Å². The monoisotopic (exact) mass is 940 g/mol. The van der Waals surface area contributed by atoms with Crippen LogP contribution in [0.3, 0.4) is 0 Å². The van der Waals surface area contributed by atoms with Gasteiger partial charge in [0.25, 0.3) is 11.8 Å². The lowest BCUT2D eigenvalue weighted by Crippen LogP contribution is -2.74. The Hall–Kier alpha value is -6.88. The van der Waals surface area contributed by atoms with Crippen LogP contribution in [-0.4, -0.2) is 85.4 Å². The third-order valence-corrected chi connectivity index (χ3v) is 14.7. The number of oxime groups is 1. The van der Waals surface area contributed by atoms with Gasteiger partial charge in [-0.1, -0.05) is 157 Å². The van der Waals surface area contributed by atoms with E-state index in [1.807, 2.05) is 159 Å². The van der Waals surface area contributed by atoms with E-state index < -0.39 is 64.0 Å². The molecule has 2 saturated heterocycles. The highest BCUT2D eigenvalue weighted by atomic mass is 32.2. The molecular formula is C51H46F2N6O6S2. The van der Waals surface area contributed by atoms with Crippen LogP contribution in [0.5, 0.6) is 0 Å². The molecule has 0 aliphatic carbocycles. The van der Waals surface area contributed by atoms with Gasteiger partial charge >= 0.3 is 12.6 Å². The molecule has 0 saturated carbocycles. The van der Waals surface area contributed by atoms with Crippen LogP contribution in [0.15, 0.2) is 173 Å². The third-order valence-electron chi connectivity index (χ3n) is 12.4. The SMILES string of the molecule is CC(C1=C(C(=O)OC(c2ccccc2)c2ccccc2)N2C(=O)C(NC(=O)C(=NOC(F)F)c3csc(NC(c4ccccc4)(c4ccccc4)c4ccccc4)n3)[C@@H]2S(=O)C1)N1CCCC1. The van der Waals surface area contributed by atoms with E-state index in [1.54, 1.807) is 0 Å². The predicted molar refractivity (Wildman–Crippen MR) is 252 cm³/mol. The van der Waals surface area contributed by atoms with E-state index >= 15 is 0 Å². The molecule has 67 heavy (non-hydrogen) atoms. The number of rotatable bonds is 16. The average Bonchev–Trinajstić information content (AvgIpc) is 4.08. The van der Waals surface area contributed by atoms with Gasteiger partial charge in [0.15, 0.2) is 16.9 Å². The van der Waals surface area contributed by atoms with Gasteiger partial charge in [-0.25, -0.2) is 9.78 Å². The molecule has 0 radical (unpaired) electrons. The smallest absolute Gasteiger partial charge is 0.407 e. The minimum Gasteiger partial charge on any atom is -0.448 e. The number of carbonyl (C=O) groups is 3. The van der Waals surface area contributed by atoms with E-state index in [4.69, 9.17) is 4.74 Å². The number of nitrogens with zero attached hydrogens (tertiary/aromatic N) is 4. The lowest BCUT2D eigenvalue weighted by atomic mass is 9.77. The zero-order chi connectivity index (χ0) is 46.5. The summed E-state index contributed by atoms with van der Waals surface area (Å²) in [4.78, 5) is 55.7. The van der Waals surface area contributed by atoms with Gasteiger partial charge in [0.2, 0.25) is 0 Å². The van der Waals surface area contributed by atoms with Crippen LogP contribution < -0.4 is 10.6 Å². The van der Waals surface area contributed by atoms with Crippen LogP contribution >= 0.6 is 11.3 Å². The zero-order valence-electron chi connectivity index (χ0n) is 36.2. The molecule has 6 aromatic rings. The molecule has 12 nitrogen and oxygen atoms in total. The summed E-state index contributed by atoms with van der Waals surface area (Å²) in [5.41, 5.74) is 2.71. The molecule has 3 aliphatic rings. The number of esters is 1. The van der Waals surface area contributed by atoms with Gasteiger partial charge in [-0.05, 0) is 66.2 Å². The van der Waals surface area contributed by atoms with Crippen LogP contribution in [0.4, 0.5) is 13.9 Å². The number of carbonyl (C=O) groups excluding carboxylic acids is 3. The van der Waals surface area contributed by atoms with Crippen molar-refractivity contribution in [3.05, 3.63) is 202 Å². The fourth-order valence-corrected chi connectivity index (χ4v) is 11.6. The molecule has 2 amide bonds. The Morgan fingerprint density at radius 3 is 1.82 bits per heavy atom. The number of hydrogen-bond acceptors (Lipinski definition) is 11. The van der Waals surface area contributed by atoms with Crippen molar-refractivity contribution in [3.8, 4) is 0 Å². The molecule has 5 aromatic carbocycles. The second kappa shape index (κ2) is 19.9. The lowest BCUT2D eigenvalue weighted by molar-refractivity contribution is -0.154. The number of nitrogens with one attached hydrogen (secondary N) is 2. The Morgan fingerprint density at radius 2 is 1.31 bits per heavy atom. The summed E-state index contributed by atoms with van der Waals surface area (Å²) < 4.78 is 47.9. The third kappa shape index (κ3) is 9.16. The number of halogens is 2. The number of hydrogen-bond donors (Lipinski definition) is 2. The first-order chi connectivity index (χ1) is 32.6. The molecule has 342 valence electrons. The van der Waals surface area contributed by atoms with Crippen molar-refractivity contribution >= 4 is 50.8 Å². The molecule has 16 heteroatoms.